The second kappa shape index (κ2) is 7.67. The number of amides is 1. The predicted molar refractivity (Wildman–Crippen MR) is 117 cm³/mol. The summed E-state index contributed by atoms with van der Waals surface area (Å²) in [5.41, 5.74) is 0.672. The Hall–Kier alpha value is -3.33. The summed E-state index contributed by atoms with van der Waals surface area (Å²) in [7, 11) is 3.52. The van der Waals surface area contributed by atoms with Gasteiger partial charge in [0.2, 0.25) is 5.95 Å². The number of nitrogens with zero attached hydrogens (tertiary/aromatic N) is 6. The largest absolute Gasteiger partial charge is 0.342 e. The SMILES string of the molecule is CN(c1nc(-c2ccncc2F)cc(=O)n1C)[C@H]1[C@@H]2CN(C(=O)c3ccncc3Cl)C[C@@H]21. The Labute approximate surface area is 188 Å². The van der Waals surface area contributed by atoms with Crippen LogP contribution in [-0.4, -0.2) is 56.5 Å². The molecule has 1 saturated heterocycles. The maximum atomic E-state index is 14.2. The molecule has 3 aromatic heterocycles. The molecule has 8 nitrogen and oxygen atoms in total. The molecule has 1 saturated carbocycles. The highest BCUT2D eigenvalue weighted by molar-refractivity contribution is 6.33. The van der Waals surface area contributed by atoms with Gasteiger partial charge < -0.3 is 9.80 Å². The number of pyridine rings is 2. The van der Waals surface area contributed by atoms with Gasteiger partial charge in [-0.15, -0.1) is 0 Å². The molecule has 0 spiro atoms. The maximum absolute atomic E-state index is 14.2. The van der Waals surface area contributed by atoms with E-state index in [1.165, 1.54) is 29.1 Å². The summed E-state index contributed by atoms with van der Waals surface area (Å²) in [6.45, 7) is 1.20. The zero-order valence-electron chi connectivity index (χ0n) is 17.4. The van der Waals surface area contributed by atoms with Gasteiger partial charge in [-0.05, 0) is 12.1 Å². The van der Waals surface area contributed by atoms with Gasteiger partial charge in [0, 0.05) is 75.3 Å². The molecule has 5 rings (SSSR count). The van der Waals surface area contributed by atoms with Crippen molar-refractivity contribution in [2.75, 3.05) is 25.0 Å². The van der Waals surface area contributed by atoms with Gasteiger partial charge in [0.05, 0.1) is 22.5 Å². The second-order valence-electron chi connectivity index (χ2n) is 8.19. The molecule has 32 heavy (non-hydrogen) atoms. The Morgan fingerprint density at radius 1 is 1.19 bits per heavy atom. The summed E-state index contributed by atoms with van der Waals surface area (Å²) in [4.78, 5) is 41.4. The number of carbonyl (C=O) groups excluding carboxylic acids is 1. The number of likely N-dealkylation sites (tertiary alicyclic amines) is 1. The first-order valence-electron chi connectivity index (χ1n) is 10.2. The van der Waals surface area contributed by atoms with Crippen molar-refractivity contribution in [2.24, 2.45) is 18.9 Å². The Morgan fingerprint density at radius 3 is 2.56 bits per heavy atom. The number of hydrogen-bond donors (Lipinski definition) is 0. The van der Waals surface area contributed by atoms with E-state index >= 15 is 0 Å². The molecule has 10 heteroatoms. The monoisotopic (exact) mass is 454 g/mol. The molecular formula is C22H20ClFN6O2. The fourth-order valence-corrected chi connectivity index (χ4v) is 4.85. The average Bonchev–Trinajstić information content (AvgIpc) is 3.28. The van der Waals surface area contributed by atoms with Gasteiger partial charge in [0.25, 0.3) is 11.5 Å². The highest BCUT2D eigenvalue weighted by Gasteiger charge is 2.59. The molecule has 0 bridgehead atoms. The first-order chi connectivity index (χ1) is 15.4. The van der Waals surface area contributed by atoms with E-state index in [2.05, 4.69) is 15.0 Å². The molecule has 3 atom stereocenters. The summed E-state index contributed by atoms with van der Waals surface area (Å²) >= 11 is 6.12. The van der Waals surface area contributed by atoms with E-state index in [0.717, 1.165) is 6.20 Å². The van der Waals surface area contributed by atoms with Crippen LogP contribution in [0.4, 0.5) is 10.3 Å². The summed E-state index contributed by atoms with van der Waals surface area (Å²) in [6.07, 6.45) is 5.58. The average molecular weight is 455 g/mol. The summed E-state index contributed by atoms with van der Waals surface area (Å²) in [5, 5.41) is 0.339. The van der Waals surface area contributed by atoms with E-state index in [9.17, 15) is 14.0 Å². The molecular weight excluding hydrogens is 435 g/mol. The lowest BCUT2D eigenvalue weighted by atomic mass is 10.2. The lowest BCUT2D eigenvalue weighted by Crippen LogP contribution is -2.38. The zero-order valence-corrected chi connectivity index (χ0v) is 18.2. The lowest BCUT2D eigenvalue weighted by molar-refractivity contribution is 0.0773. The van der Waals surface area contributed by atoms with E-state index in [-0.39, 0.29) is 40.6 Å². The third kappa shape index (κ3) is 3.33. The van der Waals surface area contributed by atoms with Crippen molar-refractivity contribution < 1.29 is 9.18 Å². The number of fused-ring (bicyclic) bond motifs is 1. The van der Waals surface area contributed by atoms with Crippen molar-refractivity contribution in [2.45, 2.75) is 6.04 Å². The number of piperidine rings is 1. The van der Waals surface area contributed by atoms with Crippen LogP contribution in [0, 0.1) is 17.7 Å². The van der Waals surface area contributed by atoms with E-state index in [0.29, 0.717) is 29.6 Å². The molecule has 0 aromatic carbocycles. The van der Waals surface area contributed by atoms with Crippen molar-refractivity contribution in [1.29, 1.82) is 0 Å². The lowest BCUT2D eigenvalue weighted by Gasteiger charge is -2.26. The summed E-state index contributed by atoms with van der Waals surface area (Å²) < 4.78 is 15.7. The van der Waals surface area contributed by atoms with Crippen molar-refractivity contribution in [1.82, 2.24) is 24.4 Å². The number of rotatable bonds is 4. The van der Waals surface area contributed by atoms with Crippen LogP contribution in [0.2, 0.25) is 5.02 Å². The molecule has 3 aromatic rings. The van der Waals surface area contributed by atoms with Crippen LogP contribution in [0.3, 0.4) is 0 Å². The first-order valence-corrected chi connectivity index (χ1v) is 10.5. The number of hydrogen-bond acceptors (Lipinski definition) is 6. The van der Waals surface area contributed by atoms with Crippen LogP contribution in [0.1, 0.15) is 10.4 Å². The van der Waals surface area contributed by atoms with Crippen molar-refractivity contribution in [3.8, 4) is 11.3 Å². The van der Waals surface area contributed by atoms with Gasteiger partial charge in [-0.3, -0.25) is 24.1 Å². The highest BCUT2D eigenvalue weighted by Crippen LogP contribution is 2.49. The zero-order chi connectivity index (χ0) is 22.6. The van der Waals surface area contributed by atoms with E-state index in [1.54, 1.807) is 24.2 Å². The minimum absolute atomic E-state index is 0.105. The standard InChI is InChI=1S/C22H20ClFN6O2/c1-28-19(31)7-18(13-4-6-26-9-17(13)24)27-22(28)29(2)20-14-10-30(11-15(14)20)21(32)12-3-5-25-8-16(12)23/h3-9,14-15,20H,10-11H2,1-2H3/t14-,15+,20+. The Balaban J connectivity index is 1.36. The molecule has 2 aliphatic rings. The third-order valence-corrected chi connectivity index (χ3v) is 6.66. The van der Waals surface area contributed by atoms with Gasteiger partial charge in [0.1, 0.15) is 0 Å². The highest BCUT2D eigenvalue weighted by atomic mass is 35.5. The molecule has 0 unspecified atom stereocenters. The summed E-state index contributed by atoms with van der Waals surface area (Å²) in [5.74, 6) is 0.351. The summed E-state index contributed by atoms with van der Waals surface area (Å²) in [6, 6.07) is 4.59. The van der Waals surface area contributed by atoms with Crippen LogP contribution in [0.15, 0.2) is 47.8 Å². The van der Waals surface area contributed by atoms with Gasteiger partial charge in [-0.2, -0.15) is 0 Å². The predicted octanol–water partition coefficient (Wildman–Crippen LogP) is 2.24. The van der Waals surface area contributed by atoms with Gasteiger partial charge in [0.15, 0.2) is 5.82 Å². The van der Waals surface area contributed by atoms with Crippen LogP contribution in [-0.2, 0) is 7.05 Å². The molecule has 0 N–H and O–H groups in total. The van der Waals surface area contributed by atoms with Gasteiger partial charge in [-0.1, -0.05) is 11.6 Å². The van der Waals surface area contributed by atoms with E-state index < -0.39 is 5.82 Å². The smallest absolute Gasteiger partial charge is 0.255 e. The second-order valence-corrected chi connectivity index (χ2v) is 8.60. The fourth-order valence-electron chi connectivity index (χ4n) is 4.65. The first kappa shape index (κ1) is 20.6. The molecule has 2 fully saturated rings. The molecule has 1 amide bonds. The van der Waals surface area contributed by atoms with Crippen molar-refractivity contribution in [3.05, 3.63) is 69.7 Å². The third-order valence-electron chi connectivity index (χ3n) is 6.36. The molecule has 4 heterocycles. The van der Waals surface area contributed by atoms with E-state index in [4.69, 9.17) is 11.6 Å². The van der Waals surface area contributed by atoms with Crippen LogP contribution < -0.4 is 10.5 Å². The minimum Gasteiger partial charge on any atom is -0.342 e. The quantitative estimate of drug-likeness (QED) is 0.601. The van der Waals surface area contributed by atoms with Crippen LogP contribution in [0.25, 0.3) is 11.3 Å². The Kier molecular flexibility index (Phi) is 4.93. The molecule has 1 aliphatic carbocycles. The topological polar surface area (TPSA) is 84.2 Å². The molecule has 0 radical (unpaired) electrons. The van der Waals surface area contributed by atoms with Crippen molar-refractivity contribution >= 4 is 23.5 Å². The fraction of sp³-hybridized carbons (Fsp3) is 0.318. The number of aromatic nitrogens is 4. The number of halogens is 2. The van der Waals surface area contributed by atoms with Gasteiger partial charge >= 0.3 is 0 Å². The maximum Gasteiger partial charge on any atom is 0.255 e. The molecule has 164 valence electrons. The minimum atomic E-state index is -0.533. The van der Waals surface area contributed by atoms with Crippen LogP contribution >= 0.6 is 11.6 Å². The van der Waals surface area contributed by atoms with Crippen LogP contribution in [0.5, 0.6) is 0 Å². The number of carbonyl (C=O) groups is 1. The van der Waals surface area contributed by atoms with E-state index in [1.807, 2.05) is 11.9 Å². The Morgan fingerprint density at radius 2 is 1.88 bits per heavy atom. The van der Waals surface area contributed by atoms with Crippen molar-refractivity contribution in [3.63, 3.8) is 0 Å². The Bertz CT molecular complexity index is 1270. The molecule has 1 aliphatic heterocycles. The number of anilines is 1. The normalized spacial score (nSPS) is 21.4. The van der Waals surface area contributed by atoms with Gasteiger partial charge in [-0.25, -0.2) is 9.37 Å².